The maximum Gasteiger partial charge on any atom is 0.166 e. The summed E-state index contributed by atoms with van der Waals surface area (Å²) in [6, 6.07) is 5.52. The van der Waals surface area contributed by atoms with Gasteiger partial charge in [0.15, 0.2) is 17.3 Å². The third-order valence-electron chi connectivity index (χ3n) is 5.35. The molecule has 3 heterocycles. The lowest BCUT2D eigenvalue weighted by atomic mass is 9.88. The lowest BCUT2D eigenvalue weighted by molar-refractivity contribution is 0.0833. The smallest absolute Gasteiger partial charge is 0.166 e. The van der Waals surface area contributed by atoms with E-state index < -0.39 is 0 Å². The van der Waals surface area contributed by atoms with E-state index >= 15 is 0 Å². The first kappa shape index (κ1) is 17.1. The predicted molar refractivity (Wildman–Crippen MR) is 95.7 cm³/mol. The van der Waals surface area contributed by atoms with Crippen LogP contribution in [0, 0.1) is 19.8 Å². The van der Waals surface area contributed by atoms with Crippen molar-refractivity contribution in [2.24, 2.45) is 5.92 Å². The molecule has 6 heteroatoms. The Balaban J connectivity index is 1.38. The van der Waals surface area contributed by atoms with Crippen molar-refractivity contribution in [3.05, 3.63) is 40.8 Å². The van der Waals surface area contributed by atoms with Crippen LogP contribution < -0.4 is 9.47 Å². The Morgan fingerprint density at radius 2 is 1.88 bits per heavy atom. The van der Waals surface area contributed by atoms with Crippen LogP contribution in [0.4, 0.5) is 0 Å². The van der Waals surface area contributed by atoms with Crippen LogP contribution in [-0.4, -0.2) is 42.1 Å². The molecule has 0 unspecified atom stereocenters. The molecule has 1 aromatic carbocycles. The maximum atomic E-state index is 12.9. The highest BCUT2D eigenvalue weighted by molar-refractivity contribution is 5.98. The highest BCUT2D eigenvalue weighted by Gasteiger charge is 2.27. The fraction of sp³-hybridized carbons (Fsp3) is 0.500. The molecule has 2 aromatic rings. The van der Waals surface area contributed by atoms with Gasteiger partial charge in [-0.1, -0.05) is 5.16 Å². The second-order valence-corrected chi connectivity index (χ2v) is 7.08. The van der Waals surface area contributed by atoms with Crippen LogP contribution in [0.3, 0.4) is 0 Å². The summed E-state index contributed by atoms with van der Waals surface area (Å²) in [5, 5.41) is 4.02. The SMILES string of the molecule is Cc1noc(C)c1CN1CCC(C(=O)c2ccc3c(c2)OCCO3)CC1. The summed E-state index contributed by atoms with van der Waals surface area (Å²) in [6.45, 7) is 7.67. The van der Waals surface area contributed by atoms with E-state index in [1.54, 1.807) is 0 Å². The number of benzene rings is 1. The molecule has 0 spiro atoms. The number of aromatic nitrogens is 1. The standard InChI is InChI=1S/C20H24N2O4/c1-13-17(14(2)26-21-13)12-22-7-5-15(6-8-22)20(23)16-3-4-18-19(11-16)25-10-9-24-18/h3-4,11,15H,5-10,12H2,1-2H3. The maximum absolute atomic E-state index is 12.9. The largest absolute Gasteiger partial charge is 0.486 e. The summed E-state index contributed by atoms with van der Waals surface area (Å²) in [5.74, 6) is 2.56. The van der Waals surface area contributed by atoms with Gasteiger partial charge in [0.1, 0.15) is 19.0 Å². The van der Waals surface area contributed by atoms with Crippen molar-refractivity contribution in [2.75, 3.05) is 26.3 Å². The highest BCUT2D eigenvalue weighted by Crippen LogP contribution is 2.32. The third kappa shape index (κ3) is 3.33. The van der Waals surface area contributed by atoms with Gasteiger partial charge in [-0.15, -0.1) is 0 Å². The Morgan fingerprint density at radius 3 is 2.58 bits per heavy atom. The number of ketones is 1. The van der Waals surface area contributed by atoms with E-state index in [0.717, 1.165) is 55.2 Å². The quantitative estimate of drug-likeness (QED) is 0.784. The van der Waals surface area contributed by atoms with E-state index in [-0.39, 0.29) is 11.7 Å². The second-order valence-electron chi connectivity index (χ2n) is 7.08. The first-order chi connectivity index (χ1) is 12.6. The molecule has 0 saturated carbocycles. The Hall–Kier alpha value is -2.34. The van der Waals surface area contributed by atoms with Gasteiger partial charge in [-0.2, -0.15) is 0 Å². The molecular formula is C20H24N2O4. The van der Waals surface area contributed by atoms with Crippen molar-refractivity contribution in [1.82, 2.24) is 10.1 Å². The van der Waals surface area contributed by atoms with Gasteiger partial charge in [0.05, 0.1) is 5.69 Å². The average Bonchev–Trinajstić information content (AvgIpc) is 2.99. The molecule has 2 aliphatic heterocycles. The van der Waals surface area contributed by atoms with Crippen molar-refractivity contribution in [3.63, 3.8) is 0 Å². The highest BCUT2D eigenvalue weighted by atomic mass is 16.6. The van der Waals surface area contributed by atoms with Gasteiger partial charge in [-0.05, 0) is 58.0 Å². The average molecular weight is 356 g/mol. The number of fused-ring (bicyclic) bond motifs is 1. The van der Waals surface area contributed by atoms with E-state index in [1.165, 1.54) is 5.56 Å². The number of hydrogen-bond acceptors (Lipinski definition) is 6. The van der Waals surface area contributed by atoms with Crippen LogP contribution in [0.1, 0.15) is 40.2 Å². The van der Waals surface area contributed by atoms with Gasteiger partial charge in [-0.25, -0.2) is 0 Å². The number of Topliss-reactive ketones (excluding diaryl/α,β-unsaturated/α-hetero) is 1. The zero-order valence-corrected chi connectivity index (χ0v) is 15.3. The van der Waals surface area contributed by atoms with Gasteiger partial charge in [0.25, 0.3) is 0 Å². The second kappa shape index (κ2) is 7.11. The fourth-order valence-corrected chi connectivity index (χ4v) is 3.74. The van der Waals surface area contributed by atoms with Gasteiger partial charge >= 0.3 is 0 Å². The topological polar surface area (TPSA) is 64.8 Å². The number of ether oxygens (including phenoxy) is 2. The van der Waals surface area contributed by atoms with E-state index in [0.29, 0.717) is 19.0 Å². The summed E-state index contributed by atoms with van der Waals surface area (Å²) < 4.78 is 16.4. The molecule has 1 saturated heterocycles. The van der Waals surface area contributed by atoms with E-state index in [2.05, 4.69) is 10.1 Å². The molecule has 0 amide bonds. The first-order valence-corrected chi connectivity index (χ1v) is 9.20. The van der Waals surface area contributed by atoms with Crippen molar-refractivity contribution in [2.45, 2.75) is 33.2 Å². The van der Waals surface area contributed by atoms with Gasteiger partial charge in [0, 0.05) is 23.6 Å². The van der Waals surface area contributed by atoms with Crippen LogP contribution in [-0.2, 0) is 6.54 Å². The Bertz CT molecular complexity index is 787. The molecular weight excluding hydrogens is 332 g/mol. The molecule has 0 radical (unpaired) electrons. The zero-order valence-electron chi connectivity index (χ0n) is 15.3. The zero-order chi connectivity index (χ0) is 18.1. The monoisotopic (exact) mass is 356 g/mol. The van der Waals surface area contributed by atoms with Crippen molar-refractivity contribution in [3.8, 4) is 11.5 Å². The van der Waals surface area contributed by atoms with Crippen LogP contribution in [0.2, 0.25) is 0 Å². The molecule has 0 aliphatic carbocycles. The molecule has 0 N–H and O–H groups in total. The van der Waals surface area contributed by atoms with E-state index in [4.69, 9.17) is 14.0 Å². The van der Waals surface area contributed by atoms with Crippen molar-refractivity contribution in [1.29, 1.82) is 0 Å². The minimum absolute atomic E-state index is 0.0680. The van der Waals surface area contributed by atoms with Crippen LogP contribution in [0.15, 0.2) is 22.7 Å². The summed E-state index contributed by atoms with van der Waals surface area (Å²) in [7, 11) is 0. The number of carbonyl (C=O) groups excluding carboxylic acids is 1. The number of carbonyl (C=O) groups is 1. The lowest BCUT2D eigenvalue weighted by Gasteiger charge is -2.31. The molecule has 4 rings (SSSR count). The number of nitrogens with zero attached hydrogens (tertiary/aromatic N) is 2. The third-order valence-corrected chi connectivity index (χ3v) is 5.35. The normalized spacial score (nSPS) is 18.1. The Labute approximate surface area is 153 Å². The Kier molecular flexibility index (Phi) is 4.68. The minimum atomic E-state index is 0.0680. The molecule has 26 heavy (non-hydrogen) atoms. The lowest BCUT2D eigenvalue weighted by Crippen LogP contribution is -2.36. The number of piperidine rings is 1. The van der Waals surface area contributed by atoms with E-state index in [1.807, 2.05) is 32.0 Å². The number of aryl methyl sites for hydroxylation is 2. The minimum Gasteiger partial charge on any atom is -0.486 e. The predicted octanol–water partition coefficient (Wildman–Crippen LogP) is 3.16. The summed E-state index contributed by atoms with van der Waals surface area (Å²) >= 11 is 0. The molecule has 138 valence electrons. The molecule has 0 atom stereocenters. The van der Waals surface area contributed by atoms with Crippen LogP contribution in [0.25, 0.3) is 0 Å². The molecule has 6 nitrogen and oxygen atoms in total. The number of hydrogen-bond donors (Lipinski definition) is 0. The molecule has 1 fully saturated rings. The fourth-order valence-electron chi connectivity index (χ4n) is 3.74. The van der Waals surface area contributed by atoms with E-state index in [9.17, 15) is 4.79 Å². The van der Waals surface area contributed by atoms with Gasteiger partial charge in [0.2, 0.25) is 0 Å². The summed E-state index contributed by atoms with van der Waals surface area (Å²) in [6.07, 6.45) is 1.74. The van der Waals surface area contributed by atoms with Gasteiger partial charge < -0.3 is 14.0 Å². The molecule has 0 bridgehead atoms. The molecule has 1 aromatic heterocycles. The summed E-state index contributed by atoms with van der Waals surface area (Å²) in [5.41, 5.74) is 2.84. The molecule has 2 aliphatic rings. The number of rotatable bonds is 4. The first-order valence-electron chi connectivity index (χ1n) is 9.20. The summed E-state index contributed by atoms with van der Waals surface area (Å²) in [4.78, 5) is 15.3. The van der Waals surface area contributed by atoms with Crippen molar-refractivity contribution >= 4 is 5.78 Å². The van der Waals surface area contributed by atoms with Crippen molar-refractivity contribution < 1.29 is 18.8 Å². The van der Waals surface area contributed by atoms with Crippen LogP contribution in [0.5, 0.6) is 11.5 Å². The van der Waals surface area contributed by atoms with Crippen LogP contribution >= 0.6 is 0 Å². The number of likely N-dealkylation sites (tertiary alicyclic amines) is 1. The van der Waals surface area contributed by atoms with Gasteiger partial charge in [-0.3, -0.25) is 9.69 Å². The Morgan fingerprint density at radius 1 is 1.15 bits per heavy atom.